The Balaban J connectivity index is 1.10. The molecular formula is C33H40F3N5. The van der Waals surface area contributed by atoms with Gasteiger partial charge in [-0.05, 0) is 104 Å². The van der Waals surface area contributed by atoms with Crippen molar-refractivity contribution >= 4 is 11.5 Å². The third-order valence-corrected chi connectivity index (χ3v) is 8.97. The van der Waals surface area contributed by atoms with Crippen molar-refractivity contribution in [3.05, 3.63) is 78.0 Å². The summed E-state index contributed by atoms with van der Waals surface area (Å²) in [6.07, 6.45) is 6.66. The fraction of sp³-hybridized carbons (Fsp3) is 0.485. The van der Waals surface area contributed by atoms with Gasteiger partial charge < -0.3 is 20.9 Å². The summed E-state index contributed by atoms with van der Waals surface area (Å²) >= 11 is 0. The molecule has 0 bridgehead atoms. The number of benzene rings is 2. The van der Waals surface area contributed by atoms with Gasteiger partial charge >= 0.3 is 6.18 Å². The molecule has 2 aliphatic heterocycles. The molecule has 3 aliphatic rings. The Labute approximate surface area is 240 Å². The second-order valence-electron chi connectivity index (χ2n) is 11.8. The smallest absolute Gasteiger partial charge is 0.370 e. The lowest BCUT2D eigenvalue weighted by molar-refractivity contribution is -0.137. The van der Waals surface area contributed by atoms with Crippen LogP contribution in [0, 0.1) is 0 Å². The van der Waals surface area contributed by atoms with Gasteiger partial charge in [-0.25, -0.2) is 4.98 Å². The summed E-state index contributed by atoms with van der Waals surface area (Å²) in [5.41, 5.74) is 3.99. The van der Waals surface area contributed by atoms with Crippen molar-refractivity contribution in [2.75, 3.05) is 29.9 Å². The van der Waals surface area contributed by atoms with E-state index in [-0.39, 0.29) is 6.04 Å². The number of rotatable bonds is 7. The summed E-state index contributed by atoms with van der Waals surface area (Å²) < 4.78 is 39.1. The van der Waals surface area contributed by atoms with Crippen molar-refractivity contribution in [3.8, 4) is 11.1 Å². The molecule has 0 spiro atoms. The van der Waals surface area contributed by atoms with E-state index in [1.807, 2.05) is 6.20 Å². The van der Waals surface area contributed by atoms with E-state index in [9.17, 15) is 13.2 Å². The highest BCUT2D eigenvalue weighted by molar-refractivity contribution is 5.67. The molecule has 3 fully saturated rings. The van der Waals surface area contributed by atoms with Crippen LogP contribution in [0.3, 0.4) is 0 Å². The highest BCUT2D eigenvalue weighted by Crippen LogP contribution is 2.32. The largest absolute Gasteiger partial charge is 0.416 e. The van der Waals surface area contributed by atoms with Crippen LogP contribution < -0.4 is 20.9 Å². The van der Waals surface area contributed by atoms with Gasteiger partial charge in [-0.1, -0.05) is 31.0 Å². The fourth-order valence-electron chi connectivity index (χ4n) is 6.80. The molecule has 2 saturated heterocycles. The molecule has 3 heterocycles. The van der Waals surface area contributed by atoms with E-state index in [0.717, 1.165) is 56.8 Å². The number of piperidine rings is 1. The molecule has 218 valence electrons. The number of aromatic nitrogens is 1. The second kappa shape index (κ2) is 12.4. The number of anilines is 2. The van der Waals surface area contributed by atoms with Crippen molar-refractivity contribution < 1.29 is 13.2 Å². The predicted molar refractivity (Wildman–Crippen MR) is 159 cm³/mol. The molecule has 1 saturated carbocycles. The van der Waals surface area contributed by atoms with Crippen molar-refractivity contribution in [1.82, 2.24) is 15.6 Å². The first-order chi connectivity index (χ1) is 19.9. The average Bonchev–Trinajstić information content (AvgIpc) is 3.54. The average molecular weight is 564 g/mol. The maximum absolute atomic E-state index is 13.0. The summed E-state index contributed by atoms with van der Waals surface area (Å²) in [5.74, 6) is 0.903. The van der Waals surface area contributed by atoms with Crippen LogP contribution in [-0.2, 0) is 6.18 Å². The first-order valence-electron chi connectivity index (χ1n) is 15.2. The summed E-state index contributed by atoms with van der Waals surface area (Å²) in [5, 5.41) is 11.3. The normalized spacial score (nSPS) is 25.3. The number of alkyl halides is 3. The van der Waals surface area contributed by atoms with Gasteiger partial charge in [0.2, 0.25) is 0 Å². The van der Waals surface area contributed by atoms with E-state index in [0.29, 0.717) is 18.1 Å². The number of hydrogen-bond acceptors (Lipinski definition) is 5. The molecule has 1 aliphatic carbocycles. The van der Waals surface area contributed by atoms with Crippen LogP contribution in [-0.4, -0.2) is 42.7 Å². The molecule has 0 radical (unpaired) electrons. The molecule has 4 atom stereocenters. The van der Waals surface area contributed by atoms with Gasteiger partial charge in [0, 0.05) is 49.1 Å². The van der Waals surface area contributed by atoms with Crippen LogP contribution in [0.15, 0.2) is 66.9 Å². The Morgan fingerprint density at radius 2 is 1.63 bits per heavy atom. The molecular weight excluding hydrogens is 523 g/mol. The zero-order valence-corrected chi connectivity index (χ0v) is 23.5. The lowest BCUT2D eigenvalue weighted by Crippen LogP contribution is -2.55. The molecule has 2 aromatic carbocycles. The first-order valence-corrected chi connectivity index (χ1v) is 15.2. The van der Waals surface area contributed by atoms with Crippen molar-refractivity contribution in [3.63, 3.8) is 0 Å². The standard InChI is InChI=1S/C33H40F3N5/c34-33(35,36)26-12-14-28(15-13-26)41-19-5-8-27(22-41)39-30-9-1-2-10-31(30)40-32-21-24(16-18-38-32)23-6-3-7-25(20-23)29-11-4-17-37-29/h3,6-7,12-16,18,20-21,27,29-31,37,39H,1-2,4-5,8-11,17,19,22H2,(H,38,40)/t27-,29?,30+,31+/m0/s1. The first kappa shape index (κ1) is 28.0. The monoisotopic (exact) mass is 563 g/mol. The van der Waals surface area contributed by atoms with Gasteiger partial charge in [0.05, 0.1) is 5.56 Å². The lowest BCUT2D eigenvalue weighted by Gasteiger charge is -2.40. The van der Waals surface area contributed by atoms with Gasteiger partial charge in [-0.2, -0.15) is 13.2 Å². The molecule has 41 heavy (non-hydrogen) atoms. The summed E-state index contributed by atoms with van der Waals surface area (Å²) in [7, 11) is 0. The van der Waals surface area contributed by atoms with E-state index in [1.54, 1.807) is 12.1 Å². The van der Waals surface area contributed by atoms with Gasteiger partial charge in [0.15, 0.2) is 0 Å². The Hall–Kier alpha value is -3.10. The van der Waals surface area contributed by atoms with Crippen LogP contribution in [0.4, 0.5) is 24.7 Å². The van der Waals surface area contributed by atoms with E-state index in [4.69, 9.17) is 0 Å². The highest BCUT2D eigenvalue weighted by atomic mass is 19.4. The minimum atomic E-state index is -4.31. The Bertz CT molecular complexity index is 1290. The Morgan fingerprint density at radius 1 is 0.829 bits per heavy atom. The molecule has 3 aromatic rings. The van der Waals surface area contributed by atoms with Crippen molar-refractivity contribution in [1.29, 1.82) is 0 Å². The van der Waals surface area contributed by atoms with Gasteiger partial charge in [0.25, 0.3) is 0 Å². The van der Waals surface area contributed by atoms with Crippen LogP contribution >= 0.6 is 0 Å². The van der Waals surface area contributed by atoms with E-state index >= 15 is 0 Å². The van der Waals surface area contributed by atoms with E-state index in [2.05, 4.69) is 62.2 Å². The van der Waals surface area contributed by atoms with Gasteiger partial charge in [-0.3, -0.25) is 0 Å². The molecule has 1 aromatic heterocycles. The van der Waals surface area contributed by atoms with E-state index in [1.165, 1.54) is 54.5 Å². The highest BCUT2D eigenvalue weighted by Gasteiger charge is 2.32. The summed E-state index contributed by atoms with van der Waals surface area (Å²) in [6.45, 7) is 2.75. The number of halogens is 3. The molecule has 6 rings (SSSR count). The summed E-state index contributed by atoms with van der Waals surface area (Å²) in [6, 6.07) is 20.0. The van der Waals surface area contributed by atoms with Crippen LogP contribution in [0.2, 0.25) is 0 Å². The Morgan fingerprint density at radius 3 is 2.41 bits per heavy atom. The minimum Gasteiger partial charge on any atom is -0.370 e. The number of hydrogen-bond donors (Lipinski definition) is 3. The number of nitrogens with one attached hydrogen (secondary N) is 3. The number of pyridine rings is 1. The van der Waals surface area contributed by atoms with Gasteiger partial charge in [0.1, 0.15) is 5.82 Å². The van der Waals surface area contributed by atoms with E-state index < -0.39 is 11.7 Å². The molecule has 5 nitrogen and oxygen atoms in total. The minimum absolute atomic E-state index is 0.280. The maximum Gasteiger partial charge on any atom is 0.416 e. The third kappa shape index (κ3) is 6.87. The molecule has 8 heteroatoms. The maximum atomic E-state index is 13.0. The van der Waals surface area contributed by atoms with Crippen molar-refractivity contribution in [2.45, 2.75) is 81.7 Å². The van der Waals surface area contributed by atoms with Crippen molar-refractivity contribution in [2.24, 2.45) is 0 Å². The fourth-order valence-corrected chi connectivity index (χ4v) is 6.80. The Kier molecular flexibility index (Phi) is 8.49. The van der Waals surface area contributed by atoms with Crippen LogP contribution in [0.1, 0.15) is 68.5 Å². The molecule has 3 N–H and O–H groups in total. The molecule has 1 unspecified atom stereocenters. The quantitative estimate of drug-likeness (QED) is 0.285. The zero-order valence-electron chi connectivity index (χ0n) is 23.5. The second-order valence-corrected chi connectivity index (χ2v) is 11.8. The third-order valence-electron chi connectivity index (χ3n) is 8.97. The lowest BCUT2D eigenvalue weighted by atomic mass is 9.89. The number of nitrogens with zero attached hydrogens (tertiary/aromatic N) is 2. The van der Waals surface area contributed by atoms with Gasteiger partial charge in [-0.15, -0.1) is 0 Å². The van der Waals surface area contributed by atoms with Crippen LogP contribution in [0.5, 0.6) is 0 Å². The summed E-state index contributed by atoms with van der Waals surface area (Å²) in [4.78, 5) is 6.89. The zero-order chi connectivity index (χ0) is 28.2. The van der Waals surface area contributed by atoms with Crippen LogP contribution in [0.25, 0.3) is 11.1 Å². The topological polar surface area (TPSA) is 52.2 Å². The SMILES string of the molecule is FC(F)(F)c1ccc(N2CCC[C@H](N[C@@H]3CCCC[C@H]3Nc3cc(-c4cccc(C5CCCN5)c4)ccn3)C2)cc1. The molecule has 0 amide bonds. The predicted octanol–water partition coefficient (Wildman–Crippen LogP) is 7.17.